The van der Waals surface area contributed by atoms with Crippen LogP contribution in [0.5, 0.6) is 0 Å². The standard InChI is InChI=1S/C14H23BrN2O3/c1-10(2)17-8-11(15)7-12(17)13(19)16-14(3,5-6-18)9-20-4/h7-8,10,18H,5-6,9H2,1-4H3,(H,16,19). The summed E-state index contributed by atoms with van der Waals surface area (Å²) in [5, 5.41) is 12.1. The molecule has 1 atom stereocenters. The van der Waals surface area contributed by atoms with Gasteiger partial charge in [0.1, 0.15) is 5.69 Å². The van der Waals surface area contributed by atoms with Crippen molar-refractivity contribution in [3.8, 4) is 0 Å². The molecule has 1 aromatic rings. The van der Waals surface area contributed by atoms with Crippen LogP contribution in [0.25, 0.3) is 0 Å². The predicted octanol–water partition coefficient (Wildman–Crippen LogP) is 2.35. The number of hydrogen-bond acceptors (Lipinski definition) is 3. The first-order valence-electron chi connectivity index (χ1n) is 6.62. The molecule has 114 valence electrons. The summed E-state index contributed by atoms with van der Waals surface area (Å²) in [5.74, 6) is -0.169. The Bertz CT molecular complexity index is 451. The van der Waals surface area contributed by atoms with Crippen LogP contribution in [-0.4, -0.2) is 41.4 Å². The van der Waals surface area contributed by atoms with E-state index in [0.717, 1.165) is 4.47 Å². The van der Waals surface area contributed by atoms with Gasteiger partial charge in [0.15, 0.2) is 0 Å². The lowest BCUT2D eigenvalue weighted by Gasteiger charge is -2.29. The molecule has 2 N–H and O–H groups in total. The highest BCUT2D eigenvalue weighted by Crippen LogP contribution is 2.20. The third-order valence-electron chi connectivity index (χ3n) is 3.15. The fourth-order valence-corrected chi connectivity index (χ4v) is 2.57. The summed E-state index contributed by atoms with van der Waals surface area (Å²) in [6.07, 6.45) is 2.33. The van der Waals surface area contributed by atoms with Gasteiger partial charge in [0.05, 0.1) is 12.1 Å². The van der Waals surface area contributed by atoms with Gasteiger partial charge in [0.2, 0.25) is 0 Å². The number of aliphatic hydroxyl groups is 1. The average Bonchev–Trinajstić information content (AvgIpc) is 2.72. The van der Waals surface area contributed by atoms with Gasteiger partial charge in [-0.2, -0.15) is 0 Å². The zero-order valence-electron chi connectivity index (χ0n) is 12.4. The van der Waals surface area contributed by atoms with Crippen LogP contribution < -0.4 is 5.32 Å². The molecule has 0 aliphatic carbocycles. The van der Waals surface area contributed by atoms with E-state index in [1.165, 1.54) is 0 Å². The number of methoxy groups -OCH3 is 1. The van der Waals surface area contributed by atoms with Crippen LogP contribution in [0.4, 0.5) is 0 Å². The fraction of sp³-hybridized carbons (Fsp3) is 0.643. The van der Waals surface area contributed by atoms with E-state index in [1.807, 2.05) is 31.5 Å². The molecular weight excluding hydrogens is 324 g/mol. The van der Waals surface area contributed by atoms with Crippen LogP contribution >= 0.6 is 15.9 Å². The molecular formula is C14H23BrN2O3. The van der Waals surface area contributed by atoms with Crippen LogP contribution in [0.3, 0.4) is 0 Å². The van der Waals surface area contributed by atoms with Gasteiger partial charge in [-0.3, -0.25) is 4.79 Å². The predicted molar refractivity (Wildman–Crippen MR) is 82.0 cm³/mol. The van der Waals surface area contributed by atoms with Crippen molar-refractivity contribution in [2.45, 2.75) is 38.8 Å². The molecule has 0 saturated heterocycles. The molecule has 20 heavy (non-hydrogen) atoms. The normalized spacial score (nSPS) is 14.3. The van der Waals surface area contributed by atoms with Gasteiger partial charge >= 0.3 is 0 Å². The first-order valence-corrected chi connectivity index (χ1v) is 7.42. The maximum atomic E-state index is 12.5. The second-order valence-corrected chi connectivity index (χ2v) is 6.38. The van der Waals surface area contributed by atoms with Crippen molar-refractivity contribution in [1.82, 2.24) is 9.88 Å². The first kappa shape index (κ1) is 17.2. The van der Waals surface area contributed by atoms with Gasteiger partial charge in [0, 0.05) is 30.4 Å². The molecule has 1 aromatic heterocycles. The number of hydrogen-bond donors (Lipinski definition) is 2. The van der Waals surface area contributed by atoms with E-state index >= 15 is 0 Å². The van der Waals surface area contributed by atoms with Gasteiger partial charge in [-0.25, -0.2) is 0 Å². The smallest absolute Gasteiger partial charge is 0.268 e. The van der Waals surface area contributed by atoms with E-state index < -0.39 is 5.54 Å². The monoisotopic (exact) mass is 346 g/mol. The van der Waals surface area contributed by atoms with Crippen molar-refractivity contribution in [2.75, 3.05) is 20.3 Å². The quantitative estimate of drug-likeness (QED) is 0.796. The molecule has 1 rings (SSSR count). The SMILES string of the molecule is COCC(C)(CCO)NC(=O)c1cc(Br)cn1C(C)C. The Morgan fingerprint density at radius 3 is 2.75 bits per heavy atom. The minimum absolute atomic E-state index is 0.00493. The minimum Gasteiger partial charge on any atom is -0.396 e. The zero-order valence-corrected chi connectivity index (χ0v) is 14.0. The molecule has 0 bridgehead atoms. The Hall–Kier alpha value is -0.850. The molecule has 0 aliphatic rings. The van der Waals surface area contributed by atoms with Crippen molar-refractivity contribution >= 4 is 21.8 Å². The van der Waals surface area contributed by atoms with Gasteiger partial charge in [-0.1, -0.05) is 0 Å². The van der Waals surface area contributed by atoms with Crippen LogP contribution in [0.15, 0.2) is 16.7 Å². The fourth-order valence-electron chi connectivity index (χ4n) is 2.13. The third kappa shape index (κ3) is 4.33. The molecule has 0 radical (unpaired) electrons. The highest BCUT2D eigenvalue weighted by Gasteiger charge is 2.28. The Morgan fingerprint density at radius 1 is 1.60 bits per heavy atom. The molecule has 1 unspecified atom stereocenters. The van der Waals surface area contributed by atoms with Crippen LogP contribution in [0.1, 0.15) is 43.7 Å². The maximum absolute atomic E-state index is 12.5. The Morgan fingerprint density at radius 2 is 2.25 bits per heavy atom. The molecule has 0 spiro atoms. The lowest BCUT2D eigenvalue weighted by molar-refractivity contribution is 0.0717. The molecule has 0 aromatic carbocycles. The average molecular weight is 347 g/mol. The molecule has 0 fully saturated rings. The minimum atomic E-state index is -0.584. The Labute approximate surface area is 128 Å². The molecule has 0 saturated carbocycles. The van der Waals surface area contributed by atoms with Crippen molar-refractivity contribution in [3.05, 3.63) is 22.4 Å². The molecule has 5 nitrogen and oxygen atoms in total. The molecule has 0 aliphatic heterocycles. The van der Waals surface area contributed by atoms with Crippen LogP contribution in [0.2, 0.25) is 0 Å². The van der Waals surface area contributed by atoms with E-state index in [9.17, 15) is 4.79 Å². The van der Waals surface area contributed by atoms with E-state index in [1.54, 1.807) is 13.2 Å². The van der Waals surface area contributed by atoms with Crippen molar-refractivity contribution in [3.63, 3.8) is 0 Å². The lowest BCUT2D eigenvalue weighted by atomic mass is 9.99. The molecule has 1 heterocycles. The summed E-state index contributed by atoms with van der Waals surface area (Å²) in [6.45, 7) is 6.25. The lowest BCUT2D eigenvalue weighted by Crippen LogP contribution is -2.50. The van der Waals surface area contributed by atoms with Crippen molar-refractivity contribution in [1.29, 1.82) is 0 Å². The van der Waals surface area contributed by atoms with E-state index in [4.69, 9.17) is 9.84 Å². The number of rotatable bonds is 7. The number of halogens is 1. The number of amides is 1. The van der Waals surface area contributed by atoms with Crippen molar-refractivity contribution < 1.29 is 14.6 Å². The summed E-state index contributed by atoms with van der Waals surface area (Å²) < 4.78 is 7.91. The molecule has 6 heteroatoms. The summed E-state index contributed by atoms with van der Waals surface area (Å²) >= 11 is 3.40. The second kappa shape index (κ2) is 7.24. The third-order valence-corrected chi connectivity index (χ3v) is 3.58. The number of nitrogens with one attached hydrogen (secondary N) is 1. The highest BCUT2D eigenvalue weighted by atomic mass is 79.9. The topological polar surface area (TPSA) is 63.5 Å². The van der Waals surface area contributed by atoms with Gasteiger partial charge < -0.3 is 19.7 Å². The largest absolute Gasteiger partial charge is 0.396 e. The molecule has 1 amide bonds. The highest BCUT2D eigenvalue weighted by molar-refractivity contribution is 9.10. The zero-order chi connectivity index (χ0) is 15.3. The van der Waals surface area contributed by atoms with Crippen LogP contribution in [-0.2, 0) is 4.74 Å². The first-order chi connectivity index (χ1) is 9.33. The van der Waals surface area contributed by atoms with Crippen LogP contribution in [0, 0.1) is 0 Å². The summed E-state index contributed by atoms with van der Waals surface area (Å²) in [7, 11) is 1.58. The maximum Gasteiger partial charge on any atom is 0.268 e. The number of carbonyl (C=O) groups excluding carboxylic acids is 1. The number of aromatic nitrogens is 1. The number of nitrogens with zero attached hydrogens (tertiary/aromatic N) is 1. The summed E-state index contributed by atoms with van der Waals surface area (Å²) in [6, 6.07) is 1.98. The number of carbonyl (C=O) groups is 1. The number of aliphatic hydroxyl groups excluding tert-OH is 1. The second-order valence-electron chi connectivity index (χ2n) is 5.47. The van der Waals surface area contributed by atoms with E-state index in [2.05, 4.69) is 21.2 Å². The summed E-state index contributed by atoms with van der Waals surface area (Å²) in [4.78, 5) is 12.5. The van der Waals surface area contributed by atoms with Gasteiger partial charge in [0.25, 0.3) is 5.91 Å². The number of ether oxygens (including phenoxy) is 1. The van der Waals surface area contributed by atoms with Gasteiger partial charge in [-0.05, 0) is 49.2 Å². The Balaban J connectivity index is 2.94. The Kier molecular flexibility index (Phi) is 6.23. The van der Waals surface area contributed by atoms with E-state index in [-0.39, 0.29) is 18.6 Å². The summed E-state index contributed by atoms with van der Waals surface area (Å²) in [5.41, 5.74) is 0.00576. The van der Waals surface area contributed by atoms with Gasteiger partial charge in [-0.15, -0.1) is 0 Å². The van der Waals surface area contributed by atoms with E-state index in [0.29, 0.717) is 18.7 Å². The van der Waals surface area contributed by atoms with Crippen molar-refractivity contribution in [2.24, 2.45) is 0 Å².